The molecular formula is C22H23FN2O2. The number of hydrogen-bond acceptors (Lipinski definition) is 2. The molecule has 1 N–H and O–H groups in total. The summed E-state index contributed by atoms with van der Waals surface area (Å²) >= 11 is 0. The van der Waals surface area contributed by atoms with Crippen molar-refractivity contribution in [1.29, 1.82) is 0 Å². The zero-order valence-corrected chi connectivity index (χ0v) is 15.3. The van der Waals surface area contributed by atoms with Crippen LogP contribution < -0.4 is 5.32 Å². The lowest BCUT2D eigenvalue weighted by Gasteiger charge is -2.39. The number of carbonyl (C=O) groups excluding carboxylic acids is 2. The molecule has 2 heterocycles. The Bertz CT molecular complexity index is 834. The molecule has 0 saturated carbocycles. The third-order valence-electron chi connectivity index (χ3n) is 5.93. The van der Waals surface area contributed by atoms with Crippen molar-refractivity contribution in [2.24, 2.45) is 0 Å². The van der Waals surface area contributed by atoms with Crippen LogP contribution >= 0.6 is 0 Å². The Labute approximate surface area is 158 Å². The average Bonchev–Trinajstić information content (AvgIpc) is 2.96. The van der Waals surface area contributed by atoms with Crippen molar-refractivity contribution in [3.05, 3.63) is 71.0 Å². The molecule has 5 heteroatoms. The lowest BCUT2D eigenvalue weighted by molar-refractivity contribution is 0.0571. The third-order valence-corrected chi connectivity index (χ3v) is 5.93. The number of fused-ring (bicyclic) bond motifs is 2. The van der Waals surface area contributed by atoms with Crippen molar-refractivity contribution >= 4 is 11.8 Å². The van der Waals surface area contributed by atoms with Crippen molar-refractivity contribution in [2.45, 2.75) is 43.7 Å². The van der Waals surface area contributed by atoms with E-state index in [1.54, 1.807) is 31.3 Å². The van der Waals surface area contributed by atoms with Gasteiger partial charge in [0.25, 0.3) is 11.8 Å². The predicted molar refractivity (Wildman–Crippen MR) is 101 cm³/mol. The Balaban J connectivity index is 1.50. The third kappa shape index (κ3) is 3.34. The summed E-state index contributed by atoms with van der Waals surface area (Å²) in [7, 11) is 1.59. The van der Waals surface area contributed by atoms with E-state index in [0.717, 1.165) is 31.2 Å². The van der Waals surface area contributed by atoms with Crippen molar-refractivity contribution in [2.75, 3.05) is 7.05 Å². The van der Waals surface area contributed by atoms with Gasteiger partial charge in [0.15, 0.2) is 0 Å². The minimum absolute atomic E-state index is 0.0449. The first-order chi connectivity index (χ1) is 13.1. The molecular weight excluding hydrogens is 343 g/mol. The van der Waals surface area contributed by atoms with Gasteiger partial charge in [-0.15, -0.1) is 0 Å². The van der Waals surface area contributed by atoms with E-state index >= 15 is 0 Å². The van der Waals surface area contributed by atoms with Crippen LogP contribution in [0.3, 0.4) is 0 Å². The Hall–Kier alpha value is -2.69. The van der Waals surface area contributed by atoms with E-state index in [1.165, 1.54) is 12.1 Å². The molecule has 2 saturated heterocycles. The van der Waals surface area contributed by atoms with Crippen LogP contribution in [0.4, 0.5) is 4.39 Å². The van der Waals surface area contributed by atoms with Crippen molar-refractivity contribution in [3.8, 4) is 0 Å². The number of hydrogen-bond donors (Lipinski definition) is 1. The number of nitrogens with zero attached hydrogens (tertiary/aromatic N) is 1. The smallest absolute Gasteiger partial charge is 0.254 e. The Morgan fingerprint density at radius 2 is 1.48 bits per heavy atom. The fourth-order valence-electron chi connectivity index (χ4n) is 4.57. The van der Waals surface area contributed by atoms with Crippen LogP contribution in [0.1, 0.15) is 57.9 Å². The van der Waals surface area contributed by atoms with Gasteiger partial charge in [0.2, 0.25) is 0 Å². The SMILES string of the molecule is CNC(=O)c1ccc(C(=O)N2[C@@H]3CC[C@H]2CC(c2ccc(F)cc2)C3)cc1. The molecule has 2 aliphatic rings. The van der Waals surface area contributed by atoms with Gasteiger partial charge >= 0.3 is 0 Å². The fourth-order valence-corrected chi connectivity index (χ4v) is 4.57. The molecule has 1 unspecified atom stereocenters. The molecule has 140 valence electrons. The molecule has 0 aromatic heterocycles. The van der Waals surface area contributed by atoms with E-state index in [-0.39, 0.29) is 29.7 Å². The monoisotopic (exact) mass is 366 g/mol. The first kappa shape index (κ1) is 17.7. The maximum Gasteiger partial charge on any atom is 0.254 e. The molecule has 4 nitrogen and oxygen atoms in total. The summed E-state index contributed by atoms with van der Waals surface area (Å²) in [5, 5.41) is 2.58. The largest absolute Gasteiger partial charge is 0.355 e. The molecule has 2 fully saturated rings. The second-order valence-electron chi connectivity index (χ2n) is 7.47. The molecule has 0 aliphatic carbocycles. The predicted octanol–water partition coefficient (Wildman–Crippen LogP) is 3.74. The number of amides is 2. The summed E-state index contributed by atoms with van der Waals surface area (Å²) in [6.07, 6.45) is 3.88. The number of piperidine rings is 1. The molecule has 3 atom stereocenters. The zero-order valence-electron chi connectivity index (χ0n) is 15.3. The topological polar surface area (TPSA) is 49.4 Å². The lowest BCUT2D eigenvalue weighted by Crippen LogP contribution is -2.46. The first-order valence-corrected chi connectivity index (χ1v) is 9.47. The van der Waals surface area contributed by atoms with Crippen LogP contribution in [0, 0.1) is 5.82 Å². The van der Waals surface area contributed by atoms with Crippen molar-refractivity contribution in [1.82, 2.24) is 10.2 Å². The molecule has 4 rings (SSSR count). The van der Waals surface area contributed by atoms with Gasteiger partial charge in [0.05, 0.1) is 0 Å². The van der Waals surface area contributed by atoms with Gasteiger partial charge in [0, 0.05) is 30.3 Å². The summed E-state index contributed by atoms with van der Waals surface area (Å²) in [4.78, 5) is 26.8. The maximum atomic E-state index is 13.2. The highest BCUT2D eigenvalue weighted by Crippen LogP contribution is 2.43. The molecule has 2 aromatic carbocycles. The Morgan fingerprint density at radius 1 is 0.926 bits per heavy atom. The van der Waals surface area contributed by atoms with Gasteiger partial charge in [-0.3, -0.25) is 9.59 Å². The minimum atomic E-state index is -0.213. The van der Waals surface area contributed by atoms with Gasteiger partial charge in [-0.1, -0.05) is 12.1 Å². The highest BCUT2D eigenvalue weighted by atomic mass is 19.1. The summed E-state index contributed by atoms with van der Waals surface area (Å²) < 4.78 is 13.2. The Kier molecular flexibility index (Phi) is 4.68. The second kappa shape index (κ2) is 7.14. The second-order valence-corrected chi connectivity index (χ2v) is 7.47. The Morgan fingerprint density at radius 3 is 2.04 bits per heavy atom. The molecule has 2 aromatic rings. The molecule has 0 radical (unpaired) electrons. The van der Waals surface area contributed by atoms with E-state index in [9.17, 15) is 14.0 Å². The van der Waals surface area contributed by atoms with E-state index in [1.807, 2.05) is 17.0 Å². The van der Waals surface area contributed by atoms with Gasteiger partial charge in [-0.25, -0.2) is 4.39 Å². The van der Waals surface area contributed by atoms with Crippen LogP contribution in [0.25, 0.3) is 0 Å². The minimum Gasteiger partial charge on any atom is -0.355 e. The molecule has 2 aliphatic heterocycles. The van der Waals surface area contributed by atoms with Gasteiger partial charge in [-0.05, 0) is 73.6 Å². The highest BCUT2D eigenvalue weighted by molar-refractivity contribution is 5.98. The standard InChI is InChI=1S/C22H23FN2O2/c1-24-21(26)15-2-4-16(5-3-15)22(27)25-19-10-11-20(25)13-17(12-19)14-6-8-18(23)9-7-14/h2-9,17,19-20H,10-13H2,1H3,(H,24,26)/t17?,19-,20+. The van der Waals surface area contributed by atoms with Crippen LogP contribution in [0.2, 0.25) is 0 Å². The quantitative estimate of drug-likeness (QED) is 0.900. The average molecular weight is 366 g/mol. The maximum absolute atomic E-state index is 13.2. The summed E-state index contributed by atoms with van der Waals surface area (Å²) in [5.41, 5.74) is 2.34. The van der Waals surface area contributed by atoms with Crippen LogP contribution in [-0.4, -0.2) is 35.8 Å². The first-order valence-electron chi connectivity index (χ1n) is 9.47. The number of halogens is 1. The van der Waals surface area contributed by atoms with E-state index < -0.39 is 0 Å². The molecule has 0 spiro atoms. The highest BCUT2D eigenvalue weighted by Gasteiger charge is 2.43. The summed E-state index contributed by atoms with van der Waals surface area (Å²) in [5.74, 6) is 0.0509. The van der Waals surface area contributed by atoms with Crippen molar-refractivity contribution < 1.29 is 14.0 Å². The lowest BCUT2D eigenvalue weighted by atomic mass is 9.85. The summed E-state index contributed by atoms with van der Waals surface area (Å²) in [6.45, 7) is 0. The van der Waals surface area contributed by atoms with Crippen LogP contribution in [0.15, 0.2) is 48.5 Å². The van der Waals surface area contributed by atoms with E-state index in [4.69, 9.17) is 0 Å². The van der Waals surface area contributed by atoms with Gasteiger partial charge in [-0.2, -0.15) is 0 Å². The number of carbonyl (C=O) groups is 2. The van der Waals surface area contributed by atoms with E-state index in [0.29, 0.717) is 17.0 Å². The summed E-state index contributed by atoms with van der Waals surface area (Å²) in [6, 6.07) is 14.1. The van der Waals surface area contributed by atoms with Crippen molar-refractivity contribution in [3.63, 3.8) is 0 Å². The van der Waals surface area contributed by atoms with Crippen LogP contribution in [0.5, 0.6) is 0 Å². The number of benzene rings is 2. The number of rotatable bonds is 3. The zero-order chi connectivity index (χ0) is 19.0. The number of nitrogens with one attached hydrogen (secondary N) is 1. The van der Waals surface area contributed by atoms with Gasteiger partial charge in [0.1, 0.15) is 5.82 Å². The molecule has 27 heavy (non-hydrogen) atoms. The van der Waals surface area contributed by atoms with E-state index in [2.05, 4.69) is 5.32 Å². The fraction of sp³-hybridized carbons (Fsp3) is 0.364. The van der Waals surface area contributed by atoms with Crippen LogP contribution in [-0.2, 0) is 0 Å². The molecule has 2 bridgehead atoms. The molecule has 2 amide bonds. The van der Waals surface area contributed by atoms with Gasteiger partial charge < -0.3 is 10.2 Å². The normalized spacial score (nSPS) is 23.9.